The van der Waals surface area contributed by atoms with Gasteiger partial charge in [-0.25, -0.2) is 0 Å². The monoisotopic (exact) mass is 285 g/mol. The van der Waals surface area contributed by atoms with E-state index < -0.39 is 5.51 Å². The summed E-state index contributed by atoms with van der Waals surface area (Å²) in [6.45, 7) is 0.217. The van der Waals surface area contributed by atoms with E-state index in [2.05, 4.69) is 5.32 Å². The third kappa shape index (κ3) is 5.41. The van der Waals surface area contributed by atoms with Gasteiger partial charge in [-0.1, -0.05) is 11.6 Å². The van der Waals surface area contributed by atoms with Crippen LogP contribution in [-0.2, 0) is 0 Å². The van der Waals surface area contributed by atoms with E-state index >= 15 is 0 Å². The maximum Gasteiger partial charge on any atom is 0.441 e. The van der Waals surface area contributed by atoms with Crippen LogP contribution in [0.15, 0.2) is 18.2 Å². The molecule has 0 atom stereocenters. The molecule has 0 saturated heterocycles. The van der Waals surface area contributed by atoms with Crippen LogP contribution in [0.25, 0.3) is 0 Å². The Labute approximate surface area is 106 Å². The first-order valence-corrected chi connectivity index (χ1v) is 6.07. The lowest BCUT2D eigenvalue weighted by atomic mass is 10.3. The van der Waals surface area contributed by atoms with E-state index in [0.717, 1.165) is 0 Å². The summed E-state index contributed by atoms with van der Waals surface area (Å²) in [4.78, 5) is 0. The van der Waals surface area contributed by atoms with E-state index in [1.165, 1.54) is 7.11 Å². The molecule has 2 nitrogen and oxygen atoms in total. The Morgan fingerprint density at radius 3 is 2.71 bits per heavy atom. The maximum atomic E-state index is 11.9. The van der Waals surface area contributed by atoms with Gasteiger partial charge in [-0.2, -0.15) is 13.2 Å². The van der Waals surface area contributed by atoms with Crippen molar-refractivity contribution >= 4 is 29.1 Å². The summed E-state index contributed by atoms with van der Waals surface area (Å²) < 4.78 is 40.5. The van der Waals surface area contributed by atoms with Crippen LogP contribution in [0.2, 0.25) is 5.02 Å². The van der Waals surface area contributed by atoms with Crippen LogP contribution in [0.5, 0.6) is 5.75 Å². The van der Waals surface area contributed by atoms with Crippen molar-refractivity contribution in [3.05, 3.63) is 23.2 Å². The van der Waals surface area contributed by atoms with E-state index in [9.17, 15) is 13.2 Å². The second-order valence-electron chi connectivity index (χ2n) is 3.07. The summed E-state index contributed by atoms with van der Waals surface area (Å²) in [6.07, 6.45) is 0. The Morgan fingerprint density at radius 1 is 1.41 bits per heavy atom. The van der Waals surface area contributed by atoms with Gasteiger partial charge in [0.1, 0.15) is 5.75 Å². The molecule has 1 N–H and O–H groups in total. The minimum absolute atomic E-state index is 0.0472. The Balaban J connectivity index is 2.42. The molecule has 7 heteroatoms. The van der Waals surface area contributed by atoms with Crippen LogP contribution >= 0.6 is 23.4 Å². The highest BCUT2D eigenvalue weighted by Gasteiger charge is 2.27. The molecule has 0 saturated carbocycles. The highest BCUT2D eigenvalue weighted by atomic mass is 35.5. The van der Waals surface area contributed by atoms with Gasteiger partial charge in [0.2, 0.25) is 0 Å². The molecule has 0 aliphatic carbocycles. The minimum atomic E-state index is -4.18. The molecule has 0 heterocycles. The Morgan fingerprint density at radius 2 is 2.12 bits per heavy atom. The van der Waals surface area contributed by atoms with Gasteiger partial charge in [-0.3, -0.25) is 0 Å². The third-order valence-electron chi connectivity index (χ3n) is 1.85. The zero-order valence-corrected chi connectivity index (χ0v) is 10.5. The molecule has 0 unspecified atom stereocenters. The molecule has 0 amide bonds. The fourth-order valence-corrected chi connectivity index (χ4v) is 1.76. The number of hydrogen-bond acceptors (Lipinski definition) is 3. The molecule has 1 aromatic rings. The summed E-state index contributed by atoms with van der Waals surface area (Å²) in [5.74, 6) is 0.439. The first-order chi connectivity index (χ1) is 7.92. The second kappa shape index (κ2) is 6.26. The topological polar surface area (TPSA) is 21.3 Å². The van der Waals surface area contributed by atoms with Crippen LogP contribution in [0.1, 0.15) is 0 Å². The molecule has 1 rings (SSSR count). The van der Waals surface area contributed by atoms with Crippen molar-refractivity contribution in [2.75, 3.05) is 24.7 Å². The highest BCUT2D eigenvalue weighted by molar-refractivity contribution is 8.00. The molecule has 96 valence electrons. The number of methoxy groups -OCH3 is 1. The molecule has 0 aromatic heterocycles. The smallest absolute Gasteiger partial charge is 0.441 e. The number of halogens is 4. The number of rotatable bonds is 5. The standard InChI is InChI=1S/C10H11ClF3NOS/c1-16-9-6-7(2-3-8(9)11)15-4-5-17-10(12,13)14/h2-3,6,15H,4-5H2,1H3. The summed E-state index contributed by atoms with van der Waals surface area (Å²) in [5.41, 5.74) is -3.51. The van der Waals surface area contributed by atoms with Crippen molar-refractivity contribution in [3.63, 3.8) is 0 Å². The molecular formula is C10H11ClF3NOS. The molecule has 17 heavy (non-hydrogen) atoms. The largest absolute Gasteiger partial charge is 0.495 e. The average molecular weight is 286 g/mol. The lowest BCUT2D eigenvalue weighted by Crippen LogP contribution is -2.09. The minimum Gasteiger partial charge on any atom is -0.495 e. The number of anilines is 1. The number of benzene rings is 1. The van der Waals surface area contributed by atoms with Crippen LogP contribution in [0.4, 0.5) is 18.9 Å². The molecule has 0 aliphatic rings. The van der Waals surface area contributed by atoms with Gasteiger partial charge in [0.25, 0.3) is 0 Å². The molecule has 0 bridgehead atoms. The zero-order chi connectivity index (χ0) is 12.9. The zero-order valence-electron chi connectivity index (χ0n) is 8.97. The van der Waals surface area contributed by atoms with Gasteiger partial charge in [0.15, 0.2) is 0 Å². The second-order valence-corrected chi connectivity index (χ2v) is 4.64. The Kier molecular flexibility index (Phi) is 5.27. The van der Waals surface area contributed by atoms with Gasteiger partial charge in [0, 0.05) is 24.1 Å². The Bertz CT molecular complexity index is 373. The van der Waals surface area contributed by atoms with Crippen molar-refractivity contribution in [2.24, 2.45) is 0 Å². The predicted molar refractivity (Wildman–Crippen MR) is 65.0 cm³/mol. The maximum absolute atomic E-state index is 11.9. The molecule has 0 radical (unpaired) electrons. The predicted octanol–water partition coefficient (Wildman–Crippen LogP) is 4.01. The van der Waals surface area contributed by atoms with Crippen LogP contribution in [-0.4, -0.2) is 24.9 Å². The fourth-order valence-electron chi connectivity index (χ4n) is 1.13. The van der Waals surface area contributed by atoms with E-state index in [0.29, 0.717) is 16.5 Å². The van der Waals surface area contributed by atoms with Crippen molar-refractivity contribution in [2.45, 2.75) is 5.51 Å². The van der Waals surface area contributed by atoms with Gasteiger partial charge in [-0.15, -0.1) is 0 Å². The first-order valence-electron chi connectivity index (χ1n) is 4.70. The van der Waals surface area contributed by atoms with Gasteiger partial charge in [0.05, 0.1) is 12.1 Å². The van der Waals surface area contributed by atoms with Crippen molar-refractivity contribution in [3.8, 4) is 5.75 Å². The van der Waals surface area contributed by atoms with Crippen LogP contribution < -0.4 is 10.1 Å². The summed E-state index contributed by atoms with van der Waals surface area (Å²) in [6, 6.07) is 4.95. The van der Waals surface area contributed by atoms with Crippen LogP contribution in [0.3, 0.4) is 0 Å². The molecule has 1 aromatic carbocycles. The van der Waals surface area contributed by atoms with Gasteiger partial charge in [-0.05, 0) is 23.9 Å². The number of ether oxygens (including phenoxy) is 1. The van der Waals surface area contributed by atoms with E-state index in [-0.39, 0.29) is 24.1 Å². The number of hydrogen-bond donors (Lipinski definition) is 1. The highest BCUT2D eigenvalue weighted by Crippen LogP contribution is 2.30. The molecule has 0 spiro atoms. The van der Waals surface area contributed by atoms with Gasteiger partial charge >= 0.3 is 5.51 Å². The molecule has 0 aliphatic heterocycles. The molecular weight excluding hydrogens is 275 g/mol. The van der Waals surface area contributed by atoms with Gasteiger partial charge < -0.3 is 10.1 Å². The average Bonchev–Trinajstić information content (AvgIpc) is 2.25. The third-order valence-corrected chi connectivity index (χ3v) is 2.90. The van der Waals surface area contributed by atoms with E-state index in [4.69, 9.17) is 16.3 Å². The summed E-state index contributed by atoms with van der Waals surface area (Å²) in [7, 11) is 1.48. The van der Waals surface area contributed by atoms with Crippen molar-refractivity contribution < 1.29 is 17.9 Å². The number of nitrogens with one attached hydrogen (secondary N) is 1. The summed E-state index contributed by atoms with van der Waals surface area (Å²) >= 11 is 5.76. The van der Waals surface area contributed by atoms with E-state index in [1.807, 2.05) is 0 Å². The van der Waals surface area contributed by atoms with Crippen molar-refractivity contribution in [1.29, 1.82) is 0 Å². The van der Waals surface area contributed by atoms with Crippen molar-refractivity contribution in [1.82, 2.24) is 0 Å². The SMILES string of the molecule is COc1cc(NCCSC(F)(F)F)ccc1Cl. The first kappa shape index (κ1) is 14.3. The quantitative estimate of drug-likeness (QED) is 0.826. The molecule has 0 fully saturated rings. The number of thioether (sulfide) groups is 1. The summed E-state index contributed by atoms with van der Waals surface area (Å²) in [5, 5.41) is 3.32. The fraction of sp³-hybridized carbons (Fsp3) is 0.400. The lowest BCUT2D eigenvalue weighted by molar-refractivity contribution is -0.0327. The number of alkyl halides is 3. The normalized spacial score (nSPS) is 11.4. The van der Waals surface area contributed by atoms with Crippen LogP contribution in [0, 0.1) is 0 Å². The van der Waals surface area contributed by atoms with E-state index in [1.54, 1.807) is 18.2 Å². The Hall–Kier alpha value is -0.750. The lowest BCUT2D eigenvalue weighted by Gasteiger charge is -2.10.